The van der Waals surface area contributed by atoms with Crippen LogP contribution in [0.1, 0.15) is 32.8 Å². The van der Waals surface area contributed by atoms with Crippen molar-refractivity contribution in [2.24, 2.45) is 0 Å². The minimum atomic E-state index is -0.542. The number of rotatable bonds is 4. The predicted molar refractivity (Wildman–Crippen MR) is 83.4 cm³/mol. The molecule has 1 aromatic rings. The molecule has 1 fully saturated rings. The molecule has 0 aromatic heterocycles. The normalized spacial score (nSPS) is 21.9. The van der Waals surface area contributed by atoms with Crippen LogP contribution in [0.15, 0.2) is 30.3 Å². The first-order valence-corrected chi connectivity index (χ1v) is 7.64. The fraction of sp³-hybridized carbons (Fsp3) is 0.588. The summed E-state index contributed by atoms with van der Waals surface area (Å²) in [6.45, 7) is 6.68. The summed E-state index contributed by atoms with van der Waals surface area (Å²) in [5, 5.41) is 9.83. The molecule has 0 bridgehead atoms. The minimum Gasteiger partial charge on any atom is -0.444 e. The number of aliphatic hydroxyl groups is 1. The Morgan fingerprint density at radius 1 is 1.32 bits per heavy atom. The zero-order chi connectivity index (χ0) is 16.2. The fourth-order valence-electron chi connectivity index (χ4n) is 2.48. The molecule has 0 radical (unpaired) electrons. The van der Waals surface area contributed by atoms with Crippen molar-refractivity contribution in [1.29, 1.82) is 0 Å². The highest BCUT2D eigenvalue weighted by Crippen LogP contribution is 2.22. The summed E-state index contributed by atoms with van der Waals surface area (Å²) in [5.41, 5.74) is 0.546. The van der Waals surface area contributed by atoms with Gasteiger partial charge in [0, 0.05) is 0 Å². The molecule has 1 amide bonds. The Balaban J connectivity index is 1.86. The van der Waals surface area contributed by atoms with Gasteiger partial charge in [-0.2, -0.15) is 0 Å². The largest absolute Gasteiger partial charge is 0.444 e. The zero-order valence-electron chi connectivity index (χ0n) is 13.5. The smallest absolute Gasteiger partial charge is 0.410 e. The topological polar surface area (TPSA) is 59.0 Å². The van der Waals surface area contributed by atoms with Gasteiger partial charge in [0.1, 0.15) is 5.60 Å². The number of likely N-dealkylation sites (tertiary alicyclic amines) is 1. The maximum absolute atomic E-state index is 12.2. The number of β-amino-alcohol motifs (C(OH)–C–C–N with tert-alkyl or cyclic N) is 1. The van der Waals surface area contributed by atoms with Crippen LogP contribution in [-0.2, 0) is 16.1 Å². The zero-order valence-corrected chi connectivity index (χ0v) is 13.5. The third kappa shape index (κ3) is 5.00. The third-order valence-corrected chi connectivity index (χ3v) is 3.44. The number of amides is 1. The van der Waals surface area contributed by atoms with Gasteiger partial charge in [0.05, 0.1) is 31.9 Å². The van der Waals surface area contributed by atoms with E-state index in [0.717, 1.165) is 5.56 Å². The van der Waals surface area contributed by atoms with Crippen molar-refractivity contribution in [1.82, 2.24) is 4.90 Å². The molecular formula is C17H25NO4. The molecule has 2 rings (SSSR count). The highest BCUT2D eigenvalue weighted by atomic mass is 16.6. The third-order valence-electron chi connectivity index (χ3n) is 3.44. The quantitative estimate of drug-likeness (QED) is 0.929. The number of hydrogen-bond acceptors (Lipinski definition) is 4. The van der Waals surface area contributed by atoms with Gasteiger partial charge in [0.25, 0.3) is 0 Å². The van der Waals surface area contributed by atoms with E-state index in [2.05, 4.69) is 0 Å². The predicted octanol–water partition coefficient (Wildman–Crippen LogP) is 2.57. The highest BCUT2D eigenvalue weighted by molar-refractivity contribution is 5.69. The van der Waals surface area contributed by atoms with E-state index in [4.69, 9.17) is 9.47 Å². The number of carbonyl (C=O) groups excluding carboxylic acids is 1. The molecule has 1 aliphatic rings. The SMILES string of the molecule is CC(C)(C)OC(=O)N1CC(O)CC1COCc1ccccc1. The lowest BCUT2D eigenvalue weighted by Crippen LogP contribution is -2.42. The number of benzene rings is 1. The molecule has 5 heteroatoms. The summed E-state index contributed by atoms with van der Waals surface area (Å²) in [5.74, 6) is 0. The van der Waals surface area contributed by atoms with Crippen LogP contribution in [0.5, 0.6) is 0 Å². The lowest BCUT2D eigenvalue weighted by Gasteiger charge is -2.28. The monoisotopic (exact) mass is 307 g/mol. The maximum atomic E-state index is 12.2. The van der Waals surface area contributed by atoms with Gasteiger partial charge in [-0.05, 0) is 32.8 Å². The molecule has 2 unspecified atom stereocenters. The number of aliphatic hydroxyl groups excluding tert-OH is 1. The van der Waals surface area contributed by atoms with E-state index in [9.17, 15) is 9.90 Å². The number of ether oxygens (including phenoxy) is 2. The molecule has 1 aliphatic heterocycles. The van der Waals surface area contributed by atoms with Gasteiger partial charge in [-0.15, -0.1) is 0 Å². The number of hydrogen-bond donors (Lipinski definition) is 1. The van der Waals surface area contributed by atoms with E-state index in [0.29, 0.717) is 26.2 Å². The van der Waals surface area contributed by atoms with E-state index >= 15 is 0 Å². The van der Waals surface area contributed by atoms with Gasteiger partial charge in [-0.25, -0.2) is 4.79 Å². The Hall–Kier alpha value is -1.59. The average Bonchev–Trinajstić information content (AvgIpc) is 2.79. The van der Waals surface area contributed by atoms with Crippen molar-refractivity contribution in [3.63, 3.8) is 0 Å². The second-order valence-electron chi connectivity index (χ2n) is 6.68. The summed E-state index contributed by atoms with van der Waals surface area (Å²) in [6, 6.07) is 9.73. The Labute approximate surface area is 131 Å². The number of carbonyl (C=O) groups is 1. The number of nitrogens with zero attached hydrogens (tertiary/aromatic N) is 1. The minimum absolute atomic E-state index is 0.145. The highest BCUT2D eigenvalue weighted by Gasteiger charge is 2.36. The Bertz CT molecular complexity index is 483. The van der Waals surface area contributed by atoms with Crippen molar-refractivity contribution >= 4 is 6.09 Å². The molecule has 5 nitrogen and oxygen atoms in total. The lowest BCUT2D eigenvalue weighted by molar-refractivity contribution is 0.00815. The van der Waals surface area contributed by atoms with Gasteiger partial charge in [0.2, 0.25) is 0 Å². The standard InChI is InChI=1S/C17H25NO4/c1-17(2,3)22-16(20)18-10-15(19)9-14(18)12-21-11-13-7-5-4-6-8-13/h4-8,14-15,19H,9-12H2,1-3H3. The van der Waals surface area contributed by atoms with E-state index in [1.807, 2.05) is 51.1 Å². The summed E-state index contributed by atoms with van der Waals surface area (Å²) in [6.07, 6.45) is -0.385. The van der Waals surface area contributed by atoms with Crippen LogP contribution < -0.4 is 0 Å². The summed E-state index contributed by atoms with van der Waals surface area (Å²) in [7, 11) is 0. The molecule has 1 saturated heterocycles. The van der Waals surface area contributed by atoms with E-state index in [-0.39, 0.29) is 6.04 Å². The molecule has 1 N–H and O–H groups in total. The average molecular weight is 307 g/mol. The molecular weight excluding hydrogens is 282 g/mol. The second-order valence-corrected chi connectivity index (χ2v) is 6.68. The molecule has 1 heterocycles. The van der Waals surface area contributed by atoms with Gasteiger partial charge in [-0.1, -0.05) is 30.3 Å². The first-order valence-electron chi connectivity index (χ1n) is 7.64. The Morgan fingerprint density at radius 2 is 2.00 bits per heavy atom. The van der Waals surface area contributed by atoms with E-state index in [1.165, 1.54) is 0 Å². The van der Waals surface area contributed by atoms with Crippen LogP contribution in [0.4, 0.5) is 4.79 Å². The molecule has 122 valence electrons. The van der Waals surface area contributed by atoms with Crippen molar-refractivity contribution in [3.05, 3.63) is 35.9 Å². The molecule has 22 heavy (non-hydrogen) atoms. The van der Waals surface area contributed by atoms with Gasteiger partial charge >= 0.3 is 6.09 Å². The van der Waals surface area contributed by atoms with E-state index in [1.54, 1.807) is 4.90 Å². The van der Waals surface area contributed by atoms with Crippen LogP contribution in [0.2, 0.25) is 0 Å². The first kappa shape index (κ1) is 16.8. The van der Waals surface area contributed by atoms with Crippen molar-refractivity contribution in [2.75, 3.05) is 13.2 Å². The fourth-order valence-corrected chi connectivity index (χ4v) is 2.48. The van der Waals surface area contributed by atoms with Crippen LogP contribution >= 0.6 is 0 Å². The second kappa shape index (κ2) is 7.11. The van der Waals surface area contributed by atoms with Crippen LogP contribution in [0, 0.1) is 0 Å². The molecule has 2 atom stereocenters. The Morgan fingerprint density at radius 3 is 2.64 bits per heavy atom. The van der Waals surface area contributed by atoms with Crippen molar-refractivity contribution in [2.45, 2.75) is 51.5 Å². The first-order chi connectivity index (χ1) is 10.3. The lowest BCUT2D eigenvalue weighted by atomic mass is 10.2. The van der Waals surface area contributed by atoms with Crippen LogP contribution in [-0.4, -0.2) is 47.0 Å². The molecule has 0 aliphatic carbocycles. The summed E-state index contributed by atoms with van der Waals surface area (Å²) < 4.78 is 11.1. The van der Waals surface area contributed by atoms with E-state index < -0.39 is 17.8 Å². The summed E-state index contributed by atoms with van der Waals surface area (Å²) >= 11 is 0. The molecule has 0 saturated carbocycles. The van der Waals surface area contributed by atoms with Gasteiger partial charge in [-0.3, -0.25) is 0 Å². The molecule has 0 spiro atoms. The van der Waals surface area contributed by atoms with Crippen molar-refractivity contribution in [3.8, 4) is 0 Å². The van der Waals surface area contributed by atoms with Crippen LogP contribution in [0.25, 0.3) is 0 Å². The molecule has 1 aromatic carbocycles. The van der Waals surface area contributed by atoms with Gasteiger partial charge < -0.3 is 19.5 Å². The van der Waals surface area contributed by atoms with Gasteiger partial charge in [0.15, 0.2) is 0 Å². The van der Waals surface area contributed by atoms with Crippen molar-refractivity contribution < 1.29 is 19.4 Å². The summed E-state index contributed by atoms with van der Waals surface area (Å²) in [4.78, 5) is 13.8. The maximum Gasteiger partial charge on any atom is 0.410 e. The van der Waals surface area contributed by atoms with Crippen LogP contribution in [0.3, 0.4) is 0 Å². The Kier molecular flexibility index (Phi) is 5.42.